The number of carboxylic acids is 1. The lowest BCUT2D eigenvalue weighted by atomic mass is 10.1. The first-order valence-corrected chi connectivity index (χ1v) is 5.28. The number of anilines is 1. The minimum atomic E-state index is -1.21. The van der Waals surface area contributed by atoms with Crippen molar-refractivity contribution in [1.82, 2.24) is 4.98 Å². The summed E-state index contributed by atoms with van der Waals surface area (Å²) >= 11 is 5.70. The van der Waals surface area contributed by atoms with Crippen LogP contribution in [0.4, 0.5) is 10.6 Å². The first-order chi connectivity index (χ1) is 8.45. The van der Waals surface area contributed by atoms with Gasteiger partial charge in [-0.05, 0) is 18.6 Å². The number of carbonyl (C=O) groups excluding carboxylic acids is 1. The van der Waals surface area contributed by atoms with Crippen molar-refractivity contribution in [3.63, 3.8) is 0 Å². The van der Waals surface area contributed by atoms with E-state index in [1.807, 2.05) is 0 Å². The number of rotatable bonds is 4. The molecule has 1 rings (SSSR count). The summed E-state index contributed by atoms with van der Waals surface area (Å²) in [5.41, 5.74) is 0.261. The third-order valence-electron chi connectivity index (χ3n) is 1.95. The lowest BCUT2D eigenvalue weighted by molar-refractivity contribution is 0.0697. The maximum absolute atomic E-state index is 11.3. The molecule has 0 saturated heterocycles. The Morgan fingerprint density at radius 1 is 1.67 bits per heavy atom. The van der Waals surface area contributed by atoms with Gasteiger partial charge in [-0.15, -0.1) is 0 Å². The summed E-state index contributed by atoms with van der Waals surface area (Å²) in [6, 6.07) is 1.39. The minimum absolute atomic E-state index is 0.00772. The molecule has 0 radical (unpaired) electrons. The summed E-state index contributed by atoms with van der Waals surface area (Å²) in [5, 5.41) is 11.3. The molecule has 7 heteroatoms. The lowest BCUT2D eigenvalue weighted by Crippen LogP contribution is -2.18. The van der Waals surface area contributed by atoms with Gasteiger partial charge in [0, 0.05) is 0 Å². The number of aryl methyl sites for hydroxylation is 1. The Labute approximate surface area is 108 Å². The van der Waals surface area contributed by atoms with Crippen molar-refractivity contribution in [1.29, 1.82) is 0 Å². The smallest absolute Gasteiger partial charge is 0.413 e. The zero-order chi connectivity index (χ0) is 13.7. The third-order valence-corrected chi connectivity index (χ3v) is 2.15. The second-order valence-electron chi connectivity index (χ2n) is 3.30. The molecular weight excluding hydrogens is 260 g/mol. The van der Waals surface area contributed by atoms with Crippen LogP contribution in [0.25, 0.3) is 0 Å². The van der Waals surface area contributed by atoms with Gasteiger partial charge in [0.2, 0.25) is 0 Å². The van der Waals surface area contributed by atoms with E-state index in [-0.39, 0.29) is 23.1 Å². The fourth-order valence-electron chi connectivity index (χ4n) is 1.26. The van der Waals surface area contributed by atoms with Crippen LogP contribution < -0.4 is 5.32 Å². The number of amides is 1. The Morgan fingerprint density at radius 3 is 2.89 bits per heavy atom. The molecule has 0 bridgehead atoms. The van der Waals surface area contributed by atoms with E-state index < -0.39 is 12.1 Å². The number of pyridine rings is 1. The molecule has 0 unspecified atom stereocenters. The van der Waals surface area contributed by atoms with E-state index in [0.29, 0.717) is 5.56 Å². The van der Waals surface area contributed by atoms with Crippen molar-refractivity contribution < 1.29 is 19.4 Å². The molecule has 96 valence electrons. The molecular formula is C11H11ClN2O4. The quantitative estimate of drug-likeness (QED) is 0.648. The molecule has 2 N–H and O–H groups in total. The number of ether oxygens (including phenoxy) is 1. The molecule has 0 aliphatic rings. The fourth-order valence-corrected chi connectivity index (χ4v) is 1.51. The fraction of sp³-hybridized carbons (Fsp3) is 0.182. The molecule has 0 fully saturated rings. The van der Waals surface area contributed by atoms with Gasteiger partial charge in [-0.25, -0.2) is 14.6 Å². The van der Waals surface area contributed by atoms with Gasteiger partial charge < -0.3 is 9.84 Å². The van der Waals surface area contributed by atoms with E-state index in [0.717, 1.165) is 0 Å². The van der Waals surface area contributed by atoms with Gasteiger partial charge in [-0.2, -0.15) is 0 Å². The number of aromatic nitrogens is 1. The Morgan fingerprint density at radius 2 is 2.33 bits per heavy atom. The summed E-state index contributed by atoms with van der Waals surface area (Å²) in [6.07, 6.45) is 0.556. The maximum atomic E-state index is 11.3. The molecule has 1 amide bonds. The van der Waals surface area contributed by atoms with E-state index in [9.17, 15) is 9.59 Å². The SMILES string of the molecule is C=CCOC(=O)Nc1nc(Cl)cc(C)c1C(=O)O. The summed E-state index contributed by atoms with van der Waals surface area (Å²) in [7, 11) is 0. The maximum Gasteiger partial charge on any atom is 0.413 e. The molecule has 0 aliphatic carbocycles. The van der Waals surface area contributed by atoms with Crippen LogP contribution in [0, 0.1) is 6.92 Å². The van der Waals surface area contributed by atoms with Crippen LogP contribution >= 0.6 is 11.6 Å². The monoisotopic (exact) mass is 270 g/mol. The number of carbonyl (C=O) groups is 2. The van der Waals surface area contributed by atoms with E-state index in [4.69, 9.17) is 16.7 Å². The highest BCUT2D eigenvalue weighted by molar-refractivity contribution is 6.29. The molecule has 0 aromatic carbocycles. The van der Waals surface area contributed by atoms with Crippen molar-refractivity contribution in [2.24, 2.45) is 0 Å². The van der Waals surface area contributed by atoms with Crippen LogP contribution in [0.1, 0.15) is 15.9 Å². The highest BCUT2D eigenvalue weighted by Crippen LogP contribution is 2.21. The van der Waals surface area contributed by atoms with E-state index in [2.05, 4.69) is 21.6 Å². The van der Waals surface area contributed by atoms with Crippen molar-refractivity contribution in [2.75, 3.05) is 11.9 Å². The predicted molar refractivity (Wildman–Crippen MR) is 66.1 cm³/mol. The Kier molecular flexibility index (Phi) is 4.67. The highest BCUT2D eigenvalue weighted by Gasteiger charge is 2.18. The molecule has 0 saturated carbocycles. The number of hydrogen-bond acceptors (Lipinski definition) is 4. The second kappa shape index (κ2) is 6.02. The summed E-state index contributed by atoms with van der Waals surface area (Å²) in [5.74, 6) is -1.36. The first kappa shape index (κ1) is 14.0. The van der Waals surface area contributed by atoms with Crippen LogP contribution in [-0.2, 0) is 4.74 Å². The van der Waals surface area contributed by atoms with Gasteiger partial charge in [0.1, 0.15) is 17.3 Å². The van der Waals surface area contributed by atoms with Gasteiger partial charge in [0.25, 0.3) is 0 Å². The second-order valence-corrected chi connectivity index (χ2v) is 3.69. The van der Waals surface area contributed by atoms with Crippen molar-refractivity contribution in [2.45, 2.75) is 6.92 Å². The van der Waals surface area contributed by atoms with Gasteiger partial charge in [-0.1, -0.05) is 24.3 Å². The van der Waals surface area contributed by atoms with E-state index in [1.165, 1.54) is 12.1 Å². The Hall–Kier alpha value is -2.08. The standard InChI is InChI=1S/C11H11ClN2O4/c1-3-4-18-11(17)14-9-8(10(15)16)6(2)5-7(12)13-9/h3,5H,1,4H2,2H3,(H,15,16)(H,13,14,17). The van der Waals surface area contributed by atoms with Crippen molar-refractivity contribution in [3.8, 4) is 0 Å². The molecule has 1 aromatic rings. The van der Waals surface area contributed by atoms with E-state index in [1.54, 1.807) is 6.92 Å². The van der Waals surface area contributed by atoms with Crippen LogP contribution in [0.15, 0.2) is 18.7 Å². The number of carboxylic acid groups (broad SMARTS) is 1. The zero-order valence-corrected chi connectivity index (χ0v) is 10.3. The largest absolute Gasteiger partial charge is 0.478 e. The zero-order valence-electron chi connectivity index (χ0n) is 9.57. The van der Waals surface area contributed by atoms with Crippen molar-refractivity contribution in [3.05, 3.63) is 35.0 Å². The molecule has 1 heterocycles. The van der Waals surface area contributed by atoms with Crippen molar-refractivity contribution >= 4 is 29.5 Å². The number of halogens is 1. The Balaban J connectivity index is 3.03. The van der Waals surface area contributed by atoms with Gasteiger partial charge in [0.15, 0.2) is 5.82 Å². The lowest BCUT2D eigenvalue weighted by Gasteiger charge is -2.10. The van der Waals surface area contributed by atoms with Gasteiger partial charge in [0.05, 0.1) is 0 Å². The number of aromatic carboxylic acids is 1. The van der Waals surface area contributed by atoms with Crippen LogP contribution in [0.5, 0.6) is 0 Å². The van der Waals surface area contributed by atoms with Gasteiger partial charge >= 0.3 is 12.1 Å². The predicted octanol–water partition coefficient (Wildman–Crippen LogP) is 2.48. The molecule has 18 heavy (non-hydrogen) atoms. The average Bonchev–Trinajstić information content (AvgIpc) is 2.24. The highest BCUT2D eigenvalue weighted by atomic mass is 35.5. The third kappa shape index (κ3) is 3.46. The van der Waals surface area contributed by atoms with Crippen LogP contribution in [0.2, 0.25) is 5.15 Å². The van der Waals surface area contributed by atoms with Crippen LogP contribution in [0.3, 0.4) is 0 Å². The van der Waals surface area contributed by atoms with E-state index >= 15 is 0 Å². The topological polar surface area (TPSA) is 88.5 Å². The van der Waals surface area contributed by atoms with Gasteiger partial charge in [-0.3, -0.25) is 5.32 Å². The van der Waals surface area contributed by atoms with Crippen LogP contribution in [-0.4, -0.2) is 28.8 Å². The summed E-state index contributed by atoms with van der Waals surface area (Å²) in [4.78, 5) is 26.1. The molecule has 6 nitrogen and oxygen atoms in total. The Bertz CT molecular complexity index is 502. The summed E-state index contributed by atoms with van der Waals surface area (Å²) in [6.45, 7) is 4.94. The first-order valence-electron chi connectivity index (χ1n) is 4.90. The number of hydrogen-bond donors (Lipinski definition) is 2. The molecule has 0 aliphatic heterocycles. The average molecular weight is 271 g/mol. The minimum Gasteiger partial charge on any atom is -0.478 e. The molecule has 1 aromatic heterocycles. The number of nitrogens with one attached hydrogen (secondary N) is 1. The molecule has 0 atom stereocenters. The number of nitrogens with zero attached hydrogens (tertiary/aromatic N) is 1. The molecule has 0 spiro atoms. The summed E-state index contributed by atoms with van der Waals surface area (Å²) < 4.78 is 4.67. The normalized spacial score (nSPS) is 9.67.